The fourth-order valence-electron chi connectivity index (χ4n) is 2.74. The number of rotatable bonds is 4. The van der Waals surface area contributed by atoms with Gasteiger partial charge in [0.25, 0.3) is 0 Å². The first-order valence-corrected chi connectivity index (χ1v) is 8.09. The minimum absolute atomic E-state index is 0.212. The van der Waals surface area contributed by atoms with E-state index in [0.717, 1.165) is 19.4 Å². The molecular formula is C16H26N4O3. The first-order chi connectivity index (χ1) is 10.7. The van der Waals surface area contributed by atoms with E-state index >= 15 is 0 Å². The van der Waals surface area contributed by atoms with Gasteiger partial charge in [0.1, 0.15) is 11.1 Å². The van der Waals surface area contributed by atoms with Crippen molar-refractivity contribution in [3.05, 3.63) is 12.4 Å². The summed E-state index contributed by atoms with van der Waals surface area (Å²) < 4.78 is 7.03. The predicted octanol–water partition coefficient (Wildman–Crippen LogP) is 2.68. The van der Waals surface area contributed by atoms with Crippen LogP contribution < -0.4 is 10.6 Å². The molecule has 2 N–H and O–H groups in total. The van der Waals surface area contributed by atoms with Crippen LogP contribution in [0.5, 0.6) is 0 Å². The molecule has 1 aromatic rings. The maximum atomic E-state index is 12.7. The Hall–Kier alpha value is -2.05. The Kier molecular flexibility index (Phi) is 4.97. The lowest BCUT2D eigenvalue weighted by Gasteiger charge is -2.30. The Morgan fingerprint density at radius 2 is 2.00 bits per heavy atom. The molecule has 7 nitrogen and oxygen atoms in total. The summed E-state index contributed by atoms with van der Waals surface area (Å²) in [6.07, 6.45) is 5.85. The molecule has 2 rings (SSSR count). The van der Waals surface area contributed by atoms with Crippen LogP contribution in [-0.4, -0.2) is 32.9 Å². The third-order valence-corrected chi connectivity index (χ3v) is 3.85. The molecule has 23 heavy (non-hydrogen) atoms. The van der Waals surface area contributed by atoms with E-state index in [-0.39, 0.29) is 5.91 Å². The molecule has 0 radical (unpaired) electrons. The van der Waals surface area contributed by atoms with Gasteiger partial charge in [0.2, 0.25) is 5.91 Å². The fourth-order valence-corrected chi connectivity index (χ4v) is 2.74. The van der Waals surface area contributed by atoms with Gasteiger partial charge in [-0.05, 0) is 40.5 Å². The lowest BCUT2D eigenvalue weighted by atomic mass is 9.96. The third kappa shape index (κ3) is 4.46. The zero-order valence-electron chi connectivity index (χ0n) is 14.3. The van der Waals surface area contributed by atoms with Gasteiger partial charge in [0, 0.05) is 12.7 Å². The topological polar surface area (TPSA) is 85.2 Å². The van der Waals surface area contributed by atoms with Crippen molar-refractivity contribution in [3.63, 3.8) is 0 Å². The second-order valence-corrected chi connectivity index (χ2v) is 6.95. The predicted molar refractivity (Wildman–Crippen MR) is 87.1 cm³/mol. The summed E-state index contributed by atoms with van der Waals surface area (Å²) in [5, 5.41) is 9.78. The Balaban J connectivity index is 2.07. The van der Waals surface area contributed by atoms with Gasteiger partial charge in [-0.15, -0.1) is 0 Å². The molecule has 1 saturated carbocycles. The summed E-state index contributed by atoms with van der Waals surface area (Å²) in [6, 6.07) is 0. The molecule has 1 fully saturated rings. The number of ether oxygens (including phenoxy) is 1. The molecule has 1 heterocycles. The number of anilines is 1. The van der Waals surface area contributed by atoms with E-state index in [2.05, 4.69) is 15.7 Å². The number of aryl methyl sites for hydroxylation is 1. The number of nitrogens with one attached hydrogen (secondary N) is 2. The second-order valence-electron chi connectivity index (χ2n) is 6.95. The largest absolute Gasteiger partial charge is 0.444 e. The standard InChI is InChI=1S/C16H26N4O3/c1-5-20-11-12(10-17-20)18-13(21)16(8-6-7-9-16)19-14(22)23-15(2,3)4/h10-11H,5-9H2,1-4H3,(H,18,21)(H,19,22). The molecule has 0 saturated heterocycles. The van der Waals surface area contributed by atoms with Gasteiger partial charge >= 0.3 is 6.09 Å². The average Bonchev–Trinajstić information content (AvgIpc) is 3.06. The lowest BCUT2D eigenvalue weighted by molar-refractivity contribution is -0.122. The van der Waals surface area contributed by atoms with Gasteiger partial charge in [0.15, 0.2) is 0 Å². The van der Waals surface area contributed by atoms with Gasteiger partial charge in [0.05, 0.1) is 11.9 Å². The summed E-state index contributed by atoms with van der Waals surface area (Å²) in [6.45, 7) is 8.10. The fraction of sp³-hybridized carbons (Fsp3) is 0.688. The quantitative estimate of drug-likeness (QED) is 0.892. The Morgan fingerprint density at radius 3 is 2.52 bits per heavy atom. The first-order valence-electron chi connectivity index (χ1n) is 8.09. The maximum Gasteiger partial charge on any atom is 0.408 e. The van der Waals surface area contributed by atoms with Crippen LogP contribution in [-0.2, 0) is 16.1 Å². The average molecular weight is 322 g/mol. The van der Waals surface area contributed by atoms with E-state index in [0.29, 0.717) is 18.5 Å². The monoisotopic (exact) mass is 322 g/mol. The molecule has 0 aliphatic heterocycles. The second kappa shape index (κ2) is 6.60. The molecule has 1 aliphatic carbocycles. The molecule has 0 unspecified atom stereocenters. The van der Waals surface area contributed by atoms with Crippen molar-refractivity contribution in [3.8, 4) is 0 Å². The van der Waals surface area contributed by atoms with Gasteiger partial charge < -0.3 is 15.4 Å². The van der Waals surface area contributed by atoms with Crippen molar-refractivity contribution in [1.29, 1.82) is 0 Å². The number of alkyl carbamates (subject to hydrolysis) is 1. The van der Waals surface area contributed by atoms with Crippen molar-refractivity contribution in [1.82, 2.24) is 15.1 Å². The smallest absolute Gasteiger partial charge is 0.408 e. The van der Waals surface area contributed by atoms with Gasteiger partial charge in [-0.2, -0.15) is 5.10 Å². The van der Waals surface area contributed by atoms with Crippen LogP contribution in [0.1, 0.15) is 53.4 Å². The molecule has 128 valence electrons. The van der Waals surface area contributed by atoms with Gasteiger partial charge in [-0.25, -0.2) is 4.79 Å². The highest BCUT2D eigenvalue weighted by atomic mass is 16.6. The molecule has 1 aliphatic rings. The van der Waals surface area contributed by atoms with E-state index in [4.69, 9.17) is 4.74 Å². The first kappa shape index (κ1) is 17.3. The molecule has 2 amide bonds. The highest BCUT2D eigenvalue weighted by Crippen LogP contribution is 2.31. The van der Waals surface area contributed by atoms with Crippen molar-refractivity contribution >= 4 is 17.7 Å². The summed E-state index contributed by atoms with van der Waals surface area (Å²) >= 11 is 0. The number of hydrogen-bond acceptors (Lipinski definition) is 4. The normalized spacial score (nSPS) is 16.9. The van der Waals surface area contributed by atoms with Crippen LogP contribution in [0, 0.1) is 0 Å². The van der Waals surface area contributed by atoms with E-state index < -0.39 is 17.2 Å². The number of hydrogen-bond donors (Lipinski definition) is 2. The minimum atomic E-state index is -0.906. The summed E-state index contributed by atoms with van der Waals surface area (Å²) in [5.74, 6) is -0.212. The maximum absolute atomic E-state index is 12.7. The van der Waals surface area contributed by atoms with Crippen LogP contribution in [0.3, 0.4) is 0 Å². The summed E-state index contributed by atoms with van der Waals surface area (Å²) in [5.41, 5.74) is -0.867. The molecule has 0 bridgehead atoms. The Bertz CT molecular complexity index is 568. The van der Waals surface area contributed by atoms with E-state index in [1.807, 2.05) is 6.92 Å². The number of nitrogens with zero attached hydrogens (tertiary/aromatic N) is 2. The van der Waals surface area contributed by atoms with Crippen molar-refractivity contribution in [2.75, 3.05) is 5.32 Å². The molecule has 0 atom stereocenters. The van der Waals surface area contributed by atoms with Crippen LogP contribution in [0.15, 0.2) is 12.4 Å². The Morgan fingerprint density at radius 1 is 1.35 bits per heavy atom. The van der Waals surface area contributed by atoms with Crippen molar-refractivity contribution in [2.24, 2.45) is 0 Å². The van der Waals surface area contributed by atoms with Crippen LogP contribution >= 0.6 is 0 Å². The van der Waals surface area contributed by atoms with Crippen LogP contribution in [0.4, 0.5) is 10.5 Å². The lowest BCUT2D eigenvalue weighted by Crippen LogP contribution is -2.55. The molecule has 0 aromatic carbocycles. The van der Waals surface area contributed by atoms with Crippen molar-refractivity contribution < 1.29 is 14.3 Å². The molecule has 0 spiro atoms. The highest BCUT2D eigenvalue weighted by Gasteiger charge is 2.43. The minimum Gasteiger partial charge on any atom is -0.444 e. The summed E-state index contributed by atoms with van der Waals surface area (Å²) in [7, 11) is 0. The number of amides is 2. The molecular weight excluding hydrogens is 296 g/mol. The summed E-state index contributed by atoms with van der Waals surface area (Å²) in [4.78, 5) is 24.8. The number of carbonyl (C=O) groups is 2. The van der Waals surface area contributed by atoms with Crippen molar-refractivity contribution in [2.45, 2.75) is 71.1 Å². The molecule has 1 aromatic heterocycles. The van der Waals surface area contributed by atoms with E-state index in [9.17, 15) is 9.59 Å². The number of aromatic nitrogens is 2. The van der Waals surface area contributed by atoms with Crippen LogP contribution in [0.25, 0.3) is 0 Å². The van der Waals surface area contributed by atoms with Crippen LogP contribution in [0.2, 0.25) is 0 Å². The van der Waals surface area contributed by atoms with Gasteiger partial charge in [-0.3, -0.25) is 9.48 Å². The highest BCUT2D eigenvalue weighted by molar-refractivity contribution is 6.00. The van der Waals surface area contributed by atoms with Gasteiger partial charge in [-0.1, -0.05) is 12.8 Å². The SMILES string of the molecule is CCn1cc(NC(=O)C2(NC(=O)OC(C)(C)C)CCCC2)cn1. The zero-order valence-corrected chi connectivity index (χ0v) is 14.3. The Labute approximate surface area is 136 Å². The number of carbonyl (C=O) groups excluding carboxylic acids is 2. The van der Waals surface area contributed by atoms with E-state index in [1.165, 1.54) is 0 Å². The molecule has 7 heteroatoms. The zero-order chi connectivity index (χ0) is 17.1. The third-order valence-electron chi connectivity index (χ3n) is 3.85. The van der Waals surface area contributed by atoms with E-state index in [1.54, 1.807) is 37.8 Å².